The van der Waals surface area contributed by atoms with E-state index in [2.05, 4.69) is 20.2 Å². The van der Waals surface area contributed by atoms with Gasteiger partial charge in [0.25, 0.3) is 0 Å². The molecule has 1 aliphatic carbocycles. The van der Waals surface area contributed by atoms with Crippen LogP contribution < -0.4 is 14.2 Å². The fourth-order valence-corrected chi connectivity index (χ4v) is 1.83. The Balaban J connectivity index is 1.99. The highest BCUT2D eigenvalue weighted by Gasteiger charge is 2.25. The molecule has 0 N–H and O–H groups in total. The average Bonchev–Trinajstić information content (AvgIpc) is 3.33. The normalized spacial score (nSPS) is 13.9. The van der Waals surface area contributed by atoms with Crippen molar-refractivity contribution < 1.29 is 14.2 Å². The van der Waals surface area contributed by atoms with Gasteiger partial charge in [0.1, 0.15) is 17.1 Å². The summed E-state index contributed by atoms with van der Waals surface area (Å²) in [6.07, 6.45) is 4.08. The molecule has 0 aliphatic heterocycles. The van der Waals surface area contributed by atoms with E-state index in [-0.39, 0.29) is 6.01 Å². The number of hydrogen-bond donors (Lipinski definition) is 0. The highest BCUT2D eigenvalue weighted by molar-refractivity contribution is 5.65. The summed E-state index contributed by atoms with van der Waals surface area (Å²) in [5, 5.41) is 8.31. The molecule has 3 rings (SSSR count). The van der Waals surface area contributed by atoms with E-state index in [1.807, 2.05) is 13.0 Å². The van der Waals surface area contributed by atoms with E-state index >= 15 is 0 Å². The highest BCUT2D eigenvalue weighted by Crippen LogP contribution is 2.32. The average molecular weight is 288 g/mol. The first kappa shape index (κ1) is 13.5. The van der Waals surface area contributed by atoms with Crippen LogP contribution in [-0.2, 0) is 0 Å². The first-order valence-corrected chi connectivity index (χ1v) is 6.67. The molecule has 7 nitrogen and oxygen atoms in total. The largest absolute Gasteiger partial charge is 0.488 e. The summed E-state index contributed by atoms with van der Waals surface area (Å²) in [6, 6.07) is 2.08. The number of rotatable bonds is 5. The van der Waals surface area contributed by atoms with Crippen molar-refractivity contribution in [2.45, 2.75) is 25.9 Å². The molecule has 110 valence electrons. The second-order valence-electron chi connectivity index (χ2n) is 4.78. The van der Waals surface area contributed by atoms with Gasteiger partial charge >= 0.3 is 6.01 Å². The minimum atomic E-state index is 0.241. The summed E-state index contributed by atoms with van der Waals surface area (Å²) >= 11 is 0. The van der Waals surface area contributed by atoms with Crippen LogP contribution in [0.2, 0.25) is 0 Å². The van der Waals surface area contributed by atoms with Gasteiger partial charge in [-0.2, -0.15) is 10.1 Å². The summed E-state index contributed by atoms with van der Waals surface area (Å²) in [6.45, 7) is 1.87. The predicted octanol–water partition coefficient (Wildman–Crippen LogP) is 1.80. The molecule has 2 aromatic heterocycles. The highest BCUT2D eigenvalue weighted by atomic mass is 16.5. The van der Waals surface area contributed by atoms with Crippen molar-refractivity contribution >= 4 is 0 Å². The van der Waals surface area contributed by atoms with Gasteiger partial charge in [-0.1, -0.05) is 0 Å². The van der Waals surface area contributed by atoms with Crippen molar-refractivity contribution in [3.8, 4) is 28.9 Å². The summed E-state index contributed by atoms with van der Waals surface area (Å²) in [4.78, 5) is 8.23. The van der Waals surface area contributed by atoms with Crippen molar-refractivity contribution in [3.63, 3.8) is 0 Å². The molecule has 0 amide bonds. The maximum Gasteiger partial charge on any atom is 0.319 e. The Labute approximate surface area is 122 Å². The van der Waals surface area contributed by atoms with Crippen LogP contribution in [0.4, 0.5) is 0 Å². The summed E-state index contributed by atoms with van der Waals surface area (Å²) in [5.41, 5.74) is 2.02. The van der Waals surface area contributed by atoms with Crippen LogP contribution in [0.1, 0.15) is 18.5 Å². The molecule has 7 heteroatoms. The van der Waals surface area contributed by atoms with Crippen LogP contribution >= 0.6 is 0 Å². The van der Waals surface area contributed by atoms with E-state index in [1.54, 1.807) is 6.20 Å². The molecule has 0 atom stereocenters. The molecular weight excluding hydrogens is 272 g/mol. The predicted molar refractivity (Wildman–Crippen MR) is 74.5 cm³/mol. The summed E-state index contributed by atoms with van der Waals surface area (Å²) < 4.78 is 16.1. The van der Waals surface area contributed by atoms with Crippen molar-refractivity contribution in [2.24, 2.45) is 0 Å². The van der Waals surface area contributed by atoms with Gasteiger partial charge in [0, 0.05) is 12.3 Å². The van der Waals surface area contributed by atoms with Gasteiger partial charge < -0.3 is 14.2 Å². The van der Waals surface area contributed by atoms with Gasteiger partial charge in [-0.3, -0.25) is 0 Å². The van der Waals surface area contributed by atoms with Gasteiger partial charge in [-0.25, -0.2) is 4.98 Å². The topological polar surface area (TPSA) is 79.2 Å². The van der Waals surface area contributed by atoms with E-state index < -0.39 is 0 Å². The third-order valence-electron chi connectivity index (χ3n) is 3.13. The van der Waals surface area contributed by atoms with Gasteiger partial charge in [0.05, 0.1) is 25.9 Å². The van der Waals surface area contributed by atoms with Crippen molar-refractivity contribution in [1.82, 2.24) is 20.2 Å². The molecule has 0 unspecified atom stereocenters. The molecule has 21 heavy (non-hydrogen) atoms. The van der Waals surface area contributed by atoms with E-state index in [0.717, 1.165) is 24.3 Å². The second-order valence-corrected chi connectivity index (χ2v) is 4.78. The minimum Gasteiger partial charge on any atom is -0.488 e. The number of aromatic nitrogens is 4. The molecule has 0 spiro atoms. The standard InChI is InChI=1S/C14H16N4O3/c1-8-12(21-9-4-5-9)6-11(18-17-8)10-7-15-14(20-3)16-13(10)19-2/h6-7,9H,4-5H2,1-3H3. The zero-order valence-electron chi connectivity index (χ0n) is 12.2. The molecule has 0 saturated heterocycles. The SMILES string of the molecule is COc1ncc(-c2cc(OC3CC3)c(C)nn2)c(OC)n1. The van der Waals surface area contributed by atoms with Crippen LogP contribution in [0.15, 0.2) is 12.3 Å². The van der Waals surface area contributed by atoms with Gasteiger partial charge in [-0.05, 0) is 19.8 Å². The number of aryl methyl sites for hydroxylation is 1. The zero-order chi connectivity index (χ0) is 14.8. The minimum absolute atomic E-state index is 0.241. The fraction of sp³-hybridized carbons (Fsp3) is 0.429. The maximum atomic E-state index is 5.83. The lowest BCUT2D eigenvalue weighted by Gasteiger charge is -2.10. The Morgan fingerprint density at radius 1 is 1.14 bits per heavy atom. The Morgan fingerprint density at radius 2 is 1.95 bits per heavy atom. The molecule has 2 heterocycles. The fourth-order valence-electron chi connectivity index (χ4n) is 1.83. The third kappa shape index (κ3) is 2.86. The van der Waals surface area contributed by atoms with Crippen LogP contribution in [0.25, 0.3) is 11.3 Å². The van der Waals surface area contributed by atoms with Crippen molar-refractivity contribution in [1.29, 1.82) is 0 Å². The summed E-state index contributed by atoms with van der Waals surface area (Å²) in [7, 11) is 3.04. The van der Waals surface area contributed by atoms with Gasteiger partial charge in [0.15, 0.2) is 0 Å². The zero-order valence-corrected chi connectivity index (χ0v) is 12.2. The first-order valence-electron chi connectivity index (χ1n) is 6.67. The molecule has 0 bridgehead atoms. The monoisotopic (exact) mass is 288 g/mol. The Morgan fingerprint density at radius 3 is 2.62 bits per heavy atom. The molecule has 2 aromatic rings. The van der Waals surface area contributed by atoms with Crippen molar-refractivity contribution in [2.75, 3.05) is 14.2 Å². The lowest BCUT2D eigenvalue weighted by Crippen LogP contribution is -2.03. The van der Waals surface area contributed by atoms with Gasteiger partial charge in [0.2, 0.25) is 5.88 Å². The molecule has 0 aromatic carbocycles. The lowest BCUT2D eigenvalue weighted by molar-refractivity contribution is 0.299. The van der Waals surface area contributed by atoms with E-state index in [9.17, 15) is 0 Å². The van der Waals surface area contributed by atoms with Crippen LogP contribution in [0.3, 0.4) is 0 Å². The quantitative estimate of drug-likeness (QED) is 0.830. The summed E-state index contributed by atoms with van der Waals surface area (Å²) in [5.74, 6) is 1.12. The van der Waals surface area contributed by atoms with Crippen LogP contribution in [0, 0.1) is 6.92 Å². The molecular formula is C14H16N4O3. The Bertz CT molecular complexity index is 659. The number of nitrogens with zero attached hydrogens (tertiary/aromatic N) is 4. The lowest BCUT2D eigenvalue weighted by atomic mass is 10.2. The van der Waals surface area contributed by atoms with E-state index in [1.165, 1.54) is 14.2 Å². The van der Waals surface area contributed by atoms with Crippen molar-refractivity contribution in [3.05, 3.63) is 18.0 Å². The molecule has 0 radical (unpaired) electrons. The first-order chi connectivity index (χ1) is 10.2. The molecule has 1 aliphatic rings. The second kappa shape index (κ2) is 5.51. The number of hydrogen-bond acceptors (Lipinski definition) is 7. The van der Waals surface area contributed by atoms with Crippen LogP contribution in [-0.4, -0.2) is 40.5 Å². The van der Waals surface area contributed by atoms with E-state index in [4.69, 9.17) is 14.2 Å². The molecule has 1 fully saturated rings. The van der Waals surface area contributed by atoms with Crippen LogP contribution in [0.5, 0.6) is 17.6 Å². The smallest absolute Gasteiger partial charge is 0.319 e. The number of methoxy groups -OCH3 is 2. The van der Waals surface area contributed by atoms with Gasteiger partial charge in [-0.15, -0.1) is 5.10 Å². The maximum absolute atomic E-state index is 5.83. The third-order valence-corrected chi connectivity index (χ3v) is 3.13. The Hall–Kier alpha value is -2.44. The Kier molecular flexibility index (Phi) is 3.55. The van der Waals surface area contributed by atoms with E-state index in [0.29, 0.717) is 23.2 Å². The molecule has 1 saturated carbocycles. The number of ether oxygens (including phenoxy) is 3.